The van der Waals surface area contributed by atoms with Gasteiger partial charge in [0.05, 0.1) is 37.7 Å². The number of hydrogen-bond acceptors (Lipinski definition) is 7. The van der Waals surface area contributed by atoms with Gasteiger partial charge < -0.3 is 10.2 Å². The molecule has 5 aliphatic rings. The molecule has 2 N–H and O–H groups in total. The third kappa shape index (κ3) is 5.24. The number of aliphatic hydroxyl groups is 2. The van der Waals surface area contributed by atoms with Gasteiger partial charge in [0.15, 0.2) is 0 Å². The molecule has 236 valence electrons. The van der Waals surface area contributed by atoms with Gasteiger partial charge in [0.25, 0.3) is 0 Å². The molecular formula is C33H51FNO6P. The number of phosphoric ester groups is 1. The lowest BCUT2D eigenvalue weighted by Crippen LogP contribution is -2.62. The minimum atomic E-state index is -3.79. The summed E-state index contributed by atoms with van der Waals surface area (Å²) in [6, 6.07) is 1.55. The summed E-state index contributed by atoms with van der Waals surface area (Å²) < 4.78 is 44.5. The maximum absolute atomic E-state index is 14.3. The van der Waals surface area contributed by atoms with Gasteiger partial charge in [0.1, 0.15) is 5.82 Å². The highest BCUT2D eigenvalue weighted by Crippen LogP contribution is 2.69. The van der Waals surface area contributed by atoms with Crippen LogP contribution in [-0.4, -0.2) is 40.6 Å². The lowest BCUT2D eigenvalue weighted by molar-refractivity contribution is -0.203. The van der Waals surface area contributed by atoms with Gasteiger partial charge in [-0.3, -0.25) is 18.6 Å². The summed E-state index contributed by atoms with van der Waals surface area (Å²) in [4.78, 5) is 3.79. The van der Waals surface area contributed by atoms with Crippen molar-refractivity contribution < 1.29 is 32.7 Å². The first kappa shape index (κ1) is 31.1. The predicted molar refractivity (Wildman–Crippen MR) is 158 cm³/mol. The molecule has 5 fully saturated rings. The van der Waals surface area contributed by atoms with Crippen LogP contribution in [0.4, 0.5) is 4.39 Å². The van der Waals surface area contributed by atoms with Gasteiger partial charge in [-0.25, -0.2) is 8.96 Å². The van der Waals surface area contributed by atoms with E-state index in [0.29, 0.717) is 47.5 Å². The van der Waals surface area contributed by atoms with Gasteiger partial charge in [-0.05, 0) is 110 Å². The fourth-order valence-corrected chi connectivity index (χ4v) is 12.3. The van der Waals surface area contributed by atoms with Gasteiger partial charge in [-0.2, -0.15) is 0 Å². The van der Waals surface area contributed by atoms with Crippen LogP contribution in [0.15, 0.2) is 18.5 Å². The van der Waals surface area contributed by atoms with Crippen LogP contribution < -0.4 is 0 Å². The van der Waals surface area contributed by atoms with Crippen molar-refractivity contribution in [3.63, 3.8) is 0 Å². The molecule has 4 aliphatic carbocycles. The van der Waals surface area contributed by atoms with Crippen LogP contribution in [0.25, 0.3) is 0 Å². The summed E-state index contributed by atoms with van der Waals surface area (Å²) in [5, 5.41) is 22.5. The monoisotopic (exact) mass is 607 g/mol. The van der Waals surface area contributed by atoms with Crippen LogP contribution in [0.1, 0.15) is 104 Å². The molecule has 0 bridgehead atoms. The minimum absolute atomic E-state index is 0.156. The highest BCUT2D eigenvalue weighted by molar-refractivity contribution is 7.48. The number of aliphatic hydroxyl groups excluding tert-OH is 2. The van der Waals surface area contributed by atoms with E-state index in [0.717, 1.165) is 57.6 Å². The molecule has 4 unspecified atom stereocenters. The first-order valence-corrected chi connectivity index (χ1v) is 18.0. The molecule has 1 aromatic rings. The zero-order chi connectivity index (χ0) is 29.9. The Balaban J connectivity index is 1.11. The fraction of sp³-hybridized carbons (Fsp3) is 0.848. The highest BCUT2D eigenvalue weighted by Gasteiger charge is 2.64. The number of halogens is 1. The lowest BCUT2D eigenvalue weighted by atomic mass is 9.41. The number of fused-ring (bicyclic) bond motifs is 5. The van der Waals surface area contributed by atoms with E-state index in [9.17, 15) is 19.2 Å². The minimum Gasteiger partial charge on any atom is -0.393 e. The molecule has 0 radical (unpaired) electrons. The Labute approximate surface area is 250 Å². The molecule has 1 aliphatic heterocycles. The largest absolute Gasteiger partial charge is 0.475 e. The molecule has 7 nitrogen and oxygen atoms in total. The van der Waals surface area contributed by atoms with E-state index >= 15 is 0 Å². The van der Waals surface area contributed by atoms with Gasteiger partial charge in [0.2, 0.25) is 0 Å². The summed E-state index contributed by atoms with van der Waals surface area (Å²) >= 11 is 0. The summed E-state index contributed by atoms with van der Waals surface area (Å²) in [6.45, 7) is 9.90. The average Bonchev–Trinajstić information content (AvgIpc) is 3.31. The number of hydrogen-bond donors (Lipinski definition) is 2. The molecule has 42 heavy (non-hydrogen) atoms. The Kier molecular flexibility index (Phi) is 8.74. The van der Waals surface area contributed by atoms with E-state index < -0.39 is 19.7 Å². The zero-order valence-corrected chi connectivity index (χ0v) is 26.7. The fourth-order valence-electron chi connectivity index (χ4n) is 10.9. The second kappa shape index (κ2) is 11.8. The highest BCUT2D eigenvalue weighted by atomic mass is 31.2. The molecule has 6 rings (SSSR count). The summed E-state index contributed by atoms with van der Waals surface area (Å²) in [6.07, 6.45) is 11.0. The molecule has 1 saturated heterocycles. The van der Waals surface area contributed by atoms with E-state index in [1.807, 2.05) is 0 Å². The van der Waals surface area contributed by atoms with Crippen molar-refractivity contribution in [3.05, 3.63) is 29.8 Å². The van der Waals surface area contributed by atoms with Crippen LogP contribution in [0, 0.1) is 58.1 Å². The lowest BCUT2D eigenvalue weighted by Gasteiger charge is -2.64. The summed E-state index contributed by atoms with van der Waals surface area (Å²) in [7, 11) is -3.79. The Morgan fingerprint density at radius 3 is 2.64 bits per heavy atom. The third-order valence-electron chi connectivity index (χ3n) is 13.0. The zero-order valence-electron chi connectivity index (χ0n) is 25.8. The van der Waals surface area contributed by atoms with E-state index in [4.69, 9.17) is 13.6 Å². The van der Waals surface area contributed by atoms with E-state index in [1.54, 1.807) is 6.07 Å². The number of phosphoric acid groups is 1. The Bertz CT molecular complexity index is 1170. The summed E-state index contributed by atoms with van der Waals surface area (Å²) in [5.74, 6) is 2.39. The predicted octanol–water partition coefficient (Wildman–Crippen LogP) is 7.48. The van der Waals surface area contributed by atoms with E-state index in [-0.39, 0.29) is 42.2 Å². The molecule has 0 amide bonds. The normalized spacial score (nSPS) is 47.7. The number of rotatable bonds is 7. The van der Waals surface area contributed by atoms with E-state index in [1.165, 1.54) is 12.6 Å². The Morgan fingerprint density at radius 2 is 1.88 bits per heavy atom. The number of pyridine rings is 1. The van der Waals surface area contributed by atoms with Crippen molar-refractivity contribution in [2.45, 2.75) is 110 Å². The van der Waals surface area contributed by atoms with Crippen LogP contribution in [0.2, 0.25) is 0 Å². The Hall–Kier alpha value is -0.890. The second-order valence-electron chi connectivity index (χ2n) is 14.8. The number of aromatic nitrogens is 1. The second-order valence-corrected chi connectivity index (χ2v) is 16.4. The topological polar surface area (TPSA) is 98.1 Å². The first-order valence-electron chi connectivity index (χ1n) is 16.5. The van der Waals surface area contributed by atoms with Crippen LogP contribution >= 0.6 is 7.82 Å². The number of nitrogens with zero attached hydrogens (tertiary/aromatic N) is 1. The first-order chi connectivity index (χ1) is 20.0. The van der Waals surface area contributed by atoms with Crippen molar-refractivity contribution in [1.82, 2.24) is 4.98 Å². The SMILES string of the molecule is CC[C@@H]1C2C[C@H](O)CC[C@]2(C)C2CC[C@@]3(C)C(CC[C@@H]3[C@H](C)CCO[P@@]3(=O)OCC[C@@H](c4ccncc4F)O3)C2[C@@H]1O. The molecule has 0 spiro atoms. The molecule has 2 heterocycles. The van der Waals surface area contributed by atoms with Gasteiger partial charge >= 0.3 is 7.82 Å². The standard InChI is InChI=1S/C33H51FNO6P/c1-5-22-27-18-21(36)8-13-33(27,4)26-9-14-32(3)24(6-7-25(32)30(26)31(22)37)20(2)11-16-39-42(38)40-17-12-29(41-42)23-10-15-35-19-28(23)34/h10,15,19-22,24-27,29-31,36-37H,5-9,11-14,16-18H2,1-4H3/t20-,21-,22-,24-,25?,26?,27?,29+,30?,31-,32-,33-,42+/m1/s1. The van der Waals surface area contributed by atoms with Crippen LogP contribution in [-0.2, 0) is 18.1 Å². The average molecular weight is 608 g/mol. The maximum atomic E-state index is 14.3. The van der Waals surface area contributed by atoms with Crippen molar-refractivity contribution >= 4 is 7.82 Å². The molecular weight excluding hydrogens is 556 g/mol. The van der Waals surface area contributed by atoms with Gasteiger partial charge in [0, 0.05) is 18.2 Å². The van der Waals surface area contributed by atoms with Crippen molar-refractivity contribution in [1.29, 1.82) is 0 Å². The van der Waals surface area contributed by atoms with Crippen LogP contribution in [0.5, 0.6) is 0 Å². The van der Waals surface area contributed by atoms with Crippen molar-refractivity contribution in [3.8, 4) is 0 Å². The quantitative estimate of drug-likeness (QED) is 0.310. The molecule has 9 heteroatoms. The van der Waals surface area contributed by atoms with E-state index in [2.05, 4.69) is 32.7 Å². The smallest absolute Gasteiger partial charge is 0.393 e. The molecule has 0 aromatic carbocycles. The molecule has 4 saturated carbocycles. The third-order valence-corrected chi connectivity index (χ3v) is 14.5. The van der Waals surface area contributed by atoms with Crippen molar-refractivity contribution in [2.24, 2.45) is 52.3 Å². The van der Waals surface area contributed by atoms with Crippen LogP contribution in [0.3, 0.4) is 0 Å². The van der Waals surface area contributed by atoms with Crippen molar-refractivity contribution in [2.75, 3.05) is 13.2 Å². The maximum Gasteiger partial charge on any atom is 0.475 e. The summed E-state index contributed by atoms with van der Waals surface area (Å²) in [5.41, 5.74) is 0.681. The molecule has 1 aromatic heterocycles. The van der Waals surface area contributed by atoms with Gasteiger partial charge in [-0.1, -0.05) is 34.1 Å². The Morgan fingerprint density at radius 1 is 1.12 bits per heavy atom. The molecule has 13 atom stereocenters. The van der Waals surface area contributed by atoms with Gasteiger partial charge in [-0.15, -0.1) is 0 Å².